The van der Waals surface area contributed by atoms with E-state index < -0.39 is 0 Å². The molecule has 0 saturated heterocycles. The Labute approximate surface area is 102 Å². The quantitative estimate of drug-likeness (QED) is 0.719. The standard InChI is InChI=1S/C14H18OS/c1-2-4-14-13(3-1)12(10-16-14)9-15-8-7-11-5-6-11/h1-4,11-12H,5-10H2. The predicted octanol–water partition coefficient (Wildman–Crippen LogP) is 3.69. The van der Waals surface area contributed by atoms with E-state index in [1.807, 2.05) is 11.8 Å². The Morgan fingerprint density at radius 1 is 1.25 bits per heavy atom. The van der Waals surface area contributed by atoms with Gasteiger partial charge in [0.1, 0.15) is 0 Å². The van der Waals surface area contributed by atoms with E-state index >= 15 is 0 Å². The molecule has 0 aromatic heterocycles. The fourth-order valence-corrected chi connectivity index (χ4v) is 3.48. The fourth-order valence-electron chi connectivity index (χ4n) is 2.25. The lowest BCUT2D eigenvalue weighted by molar-refractivity contribution is 0.119. The van der Waals surface area contributed by atoms with Crippen LogP contribution >= 0.6 is 11.8 Å². The Morgan fingerprint density at radius 2 is 2.12 bits per heavy atom. The molecule has 0 N–H and O–H groups in total. The summed E-state index contributed by atoms with van der Waals surface area (Å²) in [6.07, 6.45) is 4.15. The zero-order valence-corrected chi connectivity index (χ0v) is 10.3. The van der Waals surface area contributed by atoms with Gasteiger partial charge in [0.25, 0.3) is 0 Å². The first kappa shape index (κ1) is 10.7. The van der Waals surface area contributed by atoms with E-state index in [0.29, 0.717) is 5.92 Å². The maximum atomic E-state index is 5.81. The van der Waals surface area contributed by atoms with Crippen molar-refractivity contribution in [3.05, 3.63) is 29.8 Å². The highest BCUT2D eigenvalue weighted by Crippen LogP contribution is 2.39. The van der Waals surface area contributed by atoms with Gasteiger partial charge in [-0.1, -0.05) is 31.0 Å². The van der Waals surface area contributed by atoms with E-state index in [0.717, 1.165) is 19.1 Å². The molecule has 1 aliphatic carbocycles. The lowest BCUT2D eigenvalue weighted by Crippen LogP contribution is -2.08. The molecule has 2 heteroatoms. The molecule has 86 valence electrons. The Hall–Kier alpha value is -0.470. The second kappa shape index (κ2) is 4.80. The average molecular weight is 234 g/mol. The maximum Gasteiger partial charge on any atom is 0.0543 e. The predicted molar refractivity (Wildman–Crippen MR) is 68.1 cm³/mol. The number of hydrogen-bond donors (Lipinski definition) is 0. The van der Waals surface area contributed by atoms with Gasteiger partial charge in [-0.25, -0.2) is 0 Å². The zero-order valence-electron chi connectivity index (χ0n) is 9.52. The van der Waals surface area contributed by atoms with Gasteiger partial charge in [0.15, 0.2) is 0 Å². The van der Waals surface area contributed by atoms with Crippen molar-refractivity contribution in [2.75, 3.05) is 19.0 Å². The summed E-state index contributed by atoms with van der Waals surface area (Å²) in [5, 5.41) is 0. The Bertz CT molecular complexity index is 360. The smallest absolute Gasteiger partial charge is 0.0543 e. The van der Waals surface area contributed by atoms with Crippen molar-refractivity contribution in [3.8, 4) is 0 Å². The van der Waals surface area contributed by atoms with Crippen LogP contribution in [0.4, 0.5) is 0 Å². The summed E-state index contributed by atoms with van der Waals surface area (Å²) in [6.45, 7) is 1.88. The maximum absolute atomic E-state index is 5.81. The Morgan fingerprint density at radius 3 is 3.00 bits per heavy atom. The van der Waals surface area contributed by atoms with Crippen LogP contribution in [0.15, 0.2) is 29.2 Å². The van der Waals surface area contributed by atoms with Gasteiger partial charge in [-0.05, 0) is 24.0 Å². The van der Waals surface area contributed by atoms with Gasteiger partial charge in [0.2, 0.25) is 0 Å². The van der Waals surface area contributed by atoms with E-state index in [1.54, 1.807) is 0 Å². The highest BCUT2D eigenvalue weighted by Gasteiger charge is 2.24. The second-order valence-electron chi connectivity index (χ2n) is 4.85. The van der Waals surface area contributed by atoms with E-state index in [9.17, 15) is 0 Å². The molecule has 2 aliphatic rings. The molecule has 0 bridgehead atoms. The van der Waals surface area contributed by atoms with Gasteiger partial charge in [-0.15, -0.1) is 11.8 Å². The Balaban J connectivity index is 1.48. The summed E-state index contributed by atoms with van der Waals surface area (Å²) in [4.78, 5) is 1.46. The third-order valence-electron chi connectivity index (χ3n) is 3.49. The molecule has 0 radical (unpaired) electrons. The molecule has 1 aromatic carbocycles. The van der Waals surface area contributed by atoms with E-state index in [4.69, 9.17) is 4.74 Å². The molecular weight excluding hydrogens is 216 g/mol. The minimum Gasteiger partial charge on any atom is -0.381 e. The zero-order chi connectivity index (χ0) is 10.8. The number of fused-ring (bicyclic) bond motifs is 1. The molecule has 1 heterocycles. The van der Waals surface area contributed by atoms with E-state index in [2.05, 4.69) is 24.3 Å². The summed E-state index contributed by atoms with van der Waals surface area (Å²) in [6, 6.07) is 8.75. The Kier molecular flexibility index (Phi) is 3.20. The van der Waals surface area contributed by atoms with Gasteiger partial charge >= 0.3 is 0 Å². The molecule has 1 saturated carbocycles. The third-order valence-corrected chi connectivity index (χ3v) is 4.74. The van der Waals surface area contributed by atoms with Gasteiger partial charge < -0.3 is 4.74 Å². The number of hydrogen-bond acceptors (Lipinski definition) is 2. The van der Waals surface area contributed by atoms with Crippen LogP contribution in [0.3, 0.4) is 0 Å². The summed E-state index contributed by atoms with van der Waals surface area (Å²) in [7, 11) is 0. The third kappa shape index (κ3) is 2.44. The molecule has 16 heavy (non-hydrogen) atoms. The van der Waals surface area contributed by atoms with Crippen LogP contribution in [-0.2, 0) is 4.74 Å². The average Bonchev–Trinajstić information content (AvgIpc) is 3.05. The molecule has 1 fully saturated rings. The number of ether oxygens (including phenoxy) is 1. The number of thioether (sulfide) groups is 1. The topological polar surface area (TPSA) is 9.23 Å². The van der Waals surface area contributed by atoms with Crippen molar-refractivity contribution in [2.24, 2.45) is 5.92 Å². The van der Waals surface area contributed by atoms with Crippen LogP contribution in [0.5, 0.6) is 0 Å². The van der Waals surface area contributed by atoms with Crippen molar-refractivity contribution >= 4 is 11.8 Å². The fraction of sp³-hybridized carbons (Fsp3) is 0.571. The van der Waals surface area contributed by atoms with E-state index in [1.165, 1.54) is 35.5 Å². The molecule has 0 spiro atoms. The first-order chi connectivity index (χ1) is 7.93. The summed E-state index contributed by atoms with van der Waals surface area (Å²) < 4.78 is 5.81. The van der Waals surface area contributed by atoms with Crippen molar-refractivity contribution in [1.82, 2.24) is 0 Å². The van der Waals surface area contributed by atoms with Crippen LogP contribution in [0.2, 0.25) is 0 Å². The molecule has 1 unspecified atom stereocenters. The van der Waals surface area contributed by atoms with Crippen LogP contribution in [-0.4, -0.2) is 19.0 Å². The van der Waals surface area contributed by atoms with Crippen LogP contribution in [0.1, 0.15) is 30.7 Å². The van der Waals surface area contributed by atoms with Gasteiger partial charge in [-0.3, -0.25) is 0 Å². The highest BCUT2D eigenvalue weighted by atomic mass is 32.2. The van der Waals surface area contributed by atoms with Crippen molar-refractivity contribution in [2.45, 2.75) is 30.1 Å². The molecule has 1 aliphatic heterocycles. The molecule has 1 atom stereocenters. The number of benzene rings is 1. The minimum absolute atomic E-state index is 0.625. The van der Waals surface area contributed by atoms with Gasteiger partial charge in [0.05, 0.1) is 6.61 Å². The van der Waals surface area contributed by atoms with Gasteiger partial charge in [-0.2, -0.15) is 0 Å². The molecule has 1 nitrogen and oxygen atoms in total. The largest absolute Gasteiger partial charge is 0.381 e. The first-order valence-corrected chi connectivity index (χ1v) is 7.21. The van der Waals surface area contributed by atoms with Crippen LogP contribution in [0.25, 0.3) is 0 Å². The SMILES string of the molecule is c1ccc2c(c1)SCC2COCCC1CC1. The van der Waals surface area contributed by atoms with Crippen molar-refractivity contribution in [3.63, 3.8) is 0 Å². The lowest BCUT2D eigenvalue weighted by atomic mass is 10.0. The lowest BCUT2D eigenvalue weighted by Gasteiger charge is -2.11. The molecular formula is C14H18OS. The summed E-state index contributed by atoms with van der Waals surface area (Å²) in [5.41, 5.74) is 1.50. The number of rotatable bonds is 5. The van der Waals surface area contributed by atoms with Crippen LogP contribution in [0, 0.1) is 5.92 Å². The van der Waals surface area contributed by atoms with E-state index in [-0.39, 0.29) is 0 Å². The monoisotopic (exact) mass is 234 g/mol. The molecule has 3 rings (SSSR count). The van der Waals surface area contributed by atoms with Crippen molar-refractivity contribution in [1.29, 1.82) is 0 Å². The highest BCUT2D eigenvalue weighted by molar-refractivity contribution is 7.99. The van der Waals surface area contributed by atoms with Crippen molar-refractivity contribution < 1.29 is 4.74 Å². The van der Waals surface area contributed by atoms with Crippen LogP contribution < -0.4 is 0 Å². The first-order valence-electron chi connectivity index (χ1n) is 6.23. The second-order valence-corrected chi connectivity index (χ2v) is 5.91. The van der Waals surface area contributed by atoms with Gasteiger partial charge in [0, 0.05) is 23.2 Å². The molecule has 0 amide bonds. The normalized spacial score (nSPS) is 23.4. The molecule has 1 aromatic rings. The minimum atomic E-state index is 0.625. The summed E-state index contributed by atoms with van der Waals surface area (Å²) in [5.74, 6) is 2.81. The summed E-state index contributed by atoms with van der Waals surface area (Å²) >= 11 is 1.97.